The van der Waals surface area contributed by atoms with E-state index in [9.17, 15) is 4.79 Å². The second kappa shape index (κ2) is 9.55. The fraction of sp³-hybridized carbons (Fsp3) is 0.200. The molecule has 0 aliphatic carbocycles. The minimum absolute atomic E-state index is 0.00956. The summed E-state index contributed by atoms with van der Waals surface area (Å²) in [6.45, 7) is 1.16. The summed E-state index contributed by atoms with van der Waals surface area (Å²) in [6, 6.07) is 17.6. The number of nitrogens with zero attached hydrogens (tertiary/aromatic N) is 4. The molecule has 27 heavy (non-hydrogen) atoms. The van der Waals surface area contributed by atoms with E-state index in [0.717, 1.165) is 22.4 Å². The zero-order valence-corrected chi connectivity index (χ0v) is 15.5. The Labute approximate surface area is 162 Å². The predicted molar refractivity (Wildman–Crippen MR) is 105 cm³/mol. The summed E-state index contributed by atoms with van der Waals surface area (Å²) in [6.07, 6.45) is 3.19. The van der Waals surface area contributed by atoms with Gasteiger partial charge in [-0.1, -0.05) is 36.4 Å². The lowest BCUT2D eigenvalue weighted by molar-refractivity contribution is -0.118. The fourth-order valence-corrected chi connectivity index (χ4v) is 3.35. The minimum Gasteiger partial charge on any atom is -0.351 e. The quantitative estimate of drug-likeness (QED) is 0.653. The van der Waals surface area contributed by atoms with Gasteiger partial charge in [-0.3, -0.25) is 4.79 Å². The lowest BCUT2D eigenvalue weighted by atomic mass is 10.1. The number of nitriles is 1. The molecule has 2 aromatic carbocycles. The number of hydrogen-bond donors (Lipinski definition) is 1. The third kappa shape index (κ3) is 5.97. The Hall–Kier alpha value is -3.11. The van der Waals surface area contributed by atoms with E-state index in [0.29, 0.717) is 24.4 Å². The molecule has 0 unspecified atom stereocenters. The molecule has 6 nitrogen and oxygen atoms in total. The lowest BCUT2D eigenvalue weighted by Crippen LogP contribution is -2.24. The summed E-state index contributed by atoms with van der Waals surface area (Å²) in [5, 5.41) is 15.8. The van der Waals surface area contributed by atoms with Crippen LogP contribution in [0.1, 0.15) is 22.3 Å². The average molecular weight is 377 g/mol. The molecule has 0 fully saturated rings. The van der Waals surface area contributed by atoms with E-state index in [1.165, 1.54) is 6.33 Å². The Morgan fingerprint density at radius 2 is 1.96 bits per heavy atom. The van der Waals surface area contributed by atoms with Crippen molar-refractivity contribution in [3.63, 3.8) is 0 Å². The van der Waals surface area contributed by atoms with Gasteiger partial charge < -0.3 is 5.32 Å². The van der Waals surface area contributed by atoms with Crippen LogP contribution in [-0.2, 0) is 23.6 Å². The van der Waals surface area contributed by atoms with Gasteiger partial charge in [-0.2, -0.15) is 10.4 Å². The summed E-state index contributed by atoms with van der Waals surface area (Å²) < 4.78 is 1.76. The van der Waals surface area contributed by atoms with Crippen molar-refractivity contribution in [2.24, 2.45) is 0 Å². The van der Waals surface area contributed by atoms with E-state index in [-0.39, 0.29) is 5.91 Å². The van der Waals surface area contributed by atoms with E-state index in [1.54, 1.807) is 34.9 Å². The molecule has 0 atom stereocenters. The van der Waals surface area contributed by atoms with Crippen LogP contribution in [0.25, 0.3) is 0 Å². The molecule has 136 valence electrons. The highest BCUT2D eigenvalue weighted by atomic mass is 32.2. The van der Waals surface area contributed by atoms with Crippen molar-refractivity contribution in [3.8, 4) is 6.07 Å². The van der Waals surface area contributed by atoms with Crippen molar-refractivity contribution in [2.75, 3.05) is 5.75 Å². The standard InChI is InChI=1S/C20H19N5OS/c21-9-16-4-6-17(7-5-16)12-27-13-20(26)23-10-18-2-1-3-19(8-18)11-25-15-22-14-24-25/h1-8,14-15H,10-13H2,(H,23,26). The minimum atomic E-state index is 0.00956. The molecule has 0 saturated heterocycles. The first kappa shape index (κ1) is 18.7. The average Bonchev–Trinajstić information content (AvgIpc) is 3.20. The van der Waals surface area contributed by atoms with Crippen molar-refractivity contribution < 1.29 is 4.79 Å². The highest BCUT2D eigenvalue weighted by Crippen LogP contribution is 2.13. The van der Waals surface area contributed by atoms with Crippen molar-refractivity contribution in [1.82, 2.24) is 20.1 Å². The van der Waals surface area contributed by atoms with Crippen LogP contribution in [-0.4, -0.2) is 26.4 Å². The van der Waals surface area contributed by atoms with Gasteiger partial charge in [0.2, 0.25) is 5.91 Å². The molecule has 0 saturated carbocycles. The number of hydrogen-bond acceptors (Lipinski definition) is 5. The van der Waals surface area contributed by atoms with E-state index >= 15 is 0 Å². The van der Waals surface area contributed by atoms with Crippen molar-refractivity contribution >= 4 is 17.7 Å². The maximum Gasteiger partial charge on any atom is 0.230 e. The molecule has 3 aromatic rings. The number of amides is 1. The molecule has 1 N–H and O–H groups in total. The van der Waals surface area contributed by atoms with E-state index in [4.69, 9.17) is 5.26 Å². The van der Waals surface area contributed by atoms with Crippen molar-refractivity contribution in [3.05, 3.63) is 83.4 Å². The van der Waals surface area contributed by atoms with Gasteiger partial charge in [-0.15, -0.1) is 11.8 Å². The van der Waals surface area contributed by atoms with Crippen LogP contribution in [0.15, 0.2) is 61.2 Å². The van der Waals surface area contributed by atoms with Gasteiger partial charge >= 0.3 is 0 Å². The SMILES string of the molecule is N#Cc1ccc(CSCC(=O)NCc2cccc(Cn3cncn3)c2)cc1. The fourth-order valence-electron chi connectivity index (χ4n) is 2.53. The van der Waals surface area contributed by atoms with Crippen LogP contribution >= 0.6 is 11.8 Å². The summed E-state index contributed by atoms with van der Waals surface area (Å²) in [7, 11) is 0. The normalized spacial score (nSPS) is 10.3. The highest BCUT2D eigenvalue weighted by molar-refractivity contribution is 7.99. The Kier molecular flexibility index (Phi) is 6.61. The molecule has 0 aliphatic heterocycles. The van der Waals surface area contributed by atoms with Gasteiger partial charge in [0.1, 0.15) is 12.7 Å². The molecular formula is C20H19N5OS. The molecule has 1 heterocycles. The van der Waals surface area contributed by atoms with Gasteiger partial charge in [-0.05, 0) is 28.8 Å². The summed E-state index contributed by atoms with van der Waals surface area (Å²) in [5.74, 6) is 1.15. The predicted octanol–water partition coefficient (Wildman–Crippen LogP) is 2.75. The lowest BCUT2D eigenvalue weighted by Gasteiger charge is -2.08. The van der Waals surface area contributed by atoms with Crippen LogP contribution in [0.2, 0.25) is 0 Å². The van der Waals surface area contributed by atoms with E-state index in [2.05, 4.69) is 27.5 Å². The van der Waals surface area contributed by atoms with Crippen molar-refractivity contribution in [2.45, 2.75) is 18.8 Å². The Morgan fingerprint density at radius 3 is 2.70 bits per heavy atom. The number of carbonyl (C=O) groups excluding carboxylic acids is 1. The third-order valence-electron chi connectivity index (χ3n) is 3.88. The van der Waals surface area contributed by atoms with Gasteiger partial charge in [0, 0.05) is 12.3 Å². The summed E-state index contributed by atoms with van der Waals surface area (Å²) in [5.41, 5.74) is 3.92. The van der Waals surface area contributed by atoms with Crippen molar-refractivity contribution in [1.29, 1.82) is 5.26 Å². The molecular weight excluding hydrogens is 358 g/mol. The number of benzene rings is 2. The van der Waals surface area contributed by atoms with Crippen LogP contribution in [0.5, 0.6) is 0 Å². The molecule has 0 radical (unpaired) electrons. The second-order valence-electron chi connectivity index (χ2n) is 5.99. The zero-order chi connectivity index (χ0) is 18.9. The van der Waals surface area contributed by atoms with E-state index in [1.807, 2.05) is 30.3 Å². The molecule has 0 aliphatic rings. The molecule has 0 spiro atoms. The van der Waals surface area contributed by atoms with Crippen LogP contribution in [0.4, 0.5) is 0 Å². The number of thioether (sulfide) groups is 1. The monoisotopic (exact) mass is 377 g/mol. The van der Waals surface area contributed by atoms with E-state index < -0.39 is 0 Å². The first-order valence-corrected chi connectivity index (χ1v) is 9.62. The Morgan fingerprint density at radius 1 is 1.15 bits per heavy atom. The first-order chi connectivity index (χ1) is 13.2. The zero-order valence-electron chi connectivity index (χ0n) is 14.7. The molecule has 1 amide bonds. The molecule has 3 rings (SSSR count). The Bertz CT molecular complexity index is 916. The molecule has 7 heteroatoms. The number of aromatic nitrogens is 3. The summed E-state index contributed by atoms with van der Waals surface area (Å²) in [4.78, 5) is 16.0. The number of rotatable bonds is 8. The van der Waals surface area contributed by atoms with Gasteiger partial charge in [0.25, 0.3) is 0 Å². The number of nitrogens with one attached hydrogen (secondary N) is 1. The second-order valence-corrected chi connectivity index (χ2v) is 6.98. The van der Waals surface area contributed by atoms with Crippen LogP contribution < -0.4 is 5.32 Å². The highest BCUT2D eigenvalue weighted by Gasteiger charge is 2.04. The maximum absolute atomic E-state index is 12.1. The molecule has 1 aromatic heterocycles. The summed E-state index contributed by atoms with van der Waals surface area (Å²) >= 11 is 1.56. The first-order valence-electron chi connectivity index (χ1n) is 8.46. The smallest absolute Gasteiger partial charge is 0.230 e. The Balaban J connectivity index is 1.41. The molecule has 0 bridgehead atoms. The van der Waals surface area contributed by atoms with Gasteiger partial charge in [-0.25, -0.2) is 9.67 Å². The number of carbonyl (C=O) groups is 1. The maximum atomic E-state index is 12.1. The largest absolute Gasteiger partial charge is 0.351 e. The van der Waals surface area contributed by atoms with Gasteiger partial charge in [0.15, 0.2) is 0 Å². The van der Waals surface area contributed by atoms with Gasteiger partial charge in [0.05, 0.1) is 23.9 Å². The topological polar surface area (TPSA) is 83.6 Å². The third-order valence-corrected chi connectivity index (χ3v) is 4.88. The van der Waals surface area contributed by atoms with Crippen LogP contribution in [0, 0.1) is 11.3 Å². The van der Waals surface area contributed by atoms with Crippen LogP contribution in [0.3, 0.4) is 0 Å².